The van der Waals surface area contributed by atoms with Gasteiger partial charge in [0.15, 0.2) is 5.16 Å². The Morgan fingerprint density at radius 1 is 1.26 bits per heavy atom. The minimum absolute atomic E-state index is 0.0419. The van der Waals surface area contributed by atoms with E-state index in [1.165, 1.54) is 17.3 Å². The van der Waals surface area contributed by atoms with E-state index in [9.17, 15) is 9.59 Å². The Morgan fingerprint density at radius 3 is 2.44 bits per heavy atom. The Balaban J connectivity index is 2.05. The lowest BCUT2D eigenvalue weighted by Crippen LogP contribution is -2.32. The van der Waals surface area contributed by atoms with E-state index in [2.05, 4.69) is 60.3 Å². The summed E-state index contributed by atoms with van der Waals surface area (Å²) in [6.07, 6.45) is 3.51. The summed E-state index contributed by atoms with van der Waals surface area (Å²) in [5.74, 6) is 0.218. The summed E-state index contributed by atoms with van der Waals surface area (Å²) >= 11 is 1.40. The zero-order chi connectivity index (χ0) is 20.0. The third-order valence-electron chi connectivity index (χ3n) is 4.73. The SMILES string of the molecule is CCc1ccc(C(NC(=O)CCc2c(C)nc(SC)[nH]c2=O)C(C)C)cc1. The Bertz CT molecular complexity index is 828. The van der Waals surface area contributed by atoms with Crippen molar-refractivity contribution in [3.8, 4) is 0 Å². The molecule has 2 N–H and O–H groups in total. The second kappa shape index (κ2) is 9.74. The molecule has 1 aromatic carbocycles. The highest BCUT2D eigenvalue weighted by Crippen LogP contribution is 2.22. The second-order valence-electron chi connectivity index (χ2n) is 7.02. The molecule has 2 aromatic rings. The van der Waals surface area contributed by atoms with Crippen LogP contribution in [0.4, 0.5) is 0 Å². The van der Waals surface area contributed by atoms with Gasteiger partial charge in [-0.2, -0.15) is 0 Å². The van der Waals surface area contributed by atoms with Crippen LogP contribution in [0.3, 0.4) is 0 Å². The molecule has 27 heavy (non-hydrogen) atoms. The van der Waals surface area contributed by atoms with Crippen molar-refractivity contribution in [3.05, 3.63) is 57.0 Å². The monoisotopic (exact) mass is 387 g/mol. The van der Waals surface area contributed by atoms with Crippen LogP contribution in [0.25, 0.3) is 0 Å². The van der Waals surface area contributed by atoms with Crippen LogP contribution in [0.15, 0.2) is 34.2 Å². The molecule has 0 saturated carbocycles. The Morgan fingerprint density at radius 2 is 1.93 bits per heavy atom. The van der Waals surface area contributed by atoms with Crippen LogP contribution < -0.4 is 10.9 Å². The van der Waals surface area contributed by atoms with Gasteiger partial charge in [0.25, 0.3) is 5.56 Å². The number of thioether (sulfide) groups is 1. The minimum atomic E-state index is -0.157. The van der Waals surface area contributed by atoms with Crippen molar-refractivity contribution < 1.29 is 4.79 Å². The highest BCUT2D eigenvalue weighted by molar-refractivity contribution is 7.98. The molecular weight excluding hydrogens is 358 g/mol. The number of hydrogen-bond donors (Lipinski definition) is 2. The lowest BCUT2D eigenvalue weighted by atomic mass is 9.94. The van der Waals surface area contributed by atoms with Crippen molar-refractivity contribution >= 4 is 17.7 Å². The molecule has 1 heterocycles. The van der Waals surface area contributed by atoms with Crippen molar-refractivity contribution in [3.63, 3.8) is 0 Å². The molecule has 0 aliphatic heterocycles. The molecule has 0 saturated heterocycles. The number of aromatic amines is 1. The molecule has 0 radical (unpaired) electrons. The molecule has 0 aliphatic rings. The zero-order valence-electron chi connectivity index (χ0n) is 16.8. The highest BCUT2D eigenvalue weighted by atomic mass is 32.2. The molecule has 6 heteroatoms. The number of hydrogen-bond acceptors (Lipinski definition) is 4. The number of rotatable bonds is 8. The van der Waals surface area contributed by atoms with Gasteiger partial charge in [-0.05, 0) is 43.1 Å². The third-order valence-corrected chi connectivity index (χ3v) is 5.31. The molecule has 146 valence electrons. The number of aromatic nitrogens is 2. The predicted molar refractivity (Wildman–Crippen MR) is 111 cm³/mol. The molecule has 0 spiro atoms. The number of nitrogens with zero attached hydrogens (tertiary/aromatic N) is 1. The van der Waals surface area contributed by atoms with Gasteiger partial charge in [-0.1, -0.05) is 56.8 Å². The van der Waals surface area contributed by atoms with Gasteiger partial charge in [-0.25, -0.2) is 4.98 Å². The van der Waals surface area contributed by atoms with Crippen molar-refractivity contribution in [1.82, 2.24) is 15.3 Å². The van der Waals surface area contributed by atoms with Crippen LogP contribution in [0.5, 0.6) is 0 Å². The van der Waals surface area contributed by atoms with E-state index in [1.807, 2.05) is 13.2 Å². The summed E-state index contributed by atoms with van der Waals surface area (Å²) in [5.41, 5.74) is 3.50. The zero-order valence-corrected chi connectivity index (χ0v) is 17.6. The maximum Gasteiger partial charge on any atom is 0.254 e. The standard InChI is InChI=1S/C21H29N3O2S/c1-6-15-7-9-16(10-8-15)19(13(2)3)23-18(25)12-11-17-14(4)22-21(27-5)24-20(17)26/h7-10,13,19H,6,11-12H2,1-5H3,(H,23,25)(H,22,24,26). The smallest absolute Gasteiger partial charge is 0.254 e. The van der Waals surface area contributed by atoms with E-state index in [0.717, 1.165) is 12.0 Å². The summed E-state index contributed by atoms with van der Waals surface area (Å²) in [6.45, 7) is 8.13. The minimum Gasteiger partial charge on any atom is -0.349 e. The van der Waals surface area contributed by atoms with Gasteiger partial charge in [0, 0.05) is 17.7 Å². The van der Waals surface area contributed by atoms with Gasteiger partial charge >= 0.3 is 0 Å². The summed E-state index contributed by atoms with van der Waals surface area (Å²) in [6, 6.07) is 8.35. The van der Waals surface area contributed by atoms with E-state index in [4.69, 9.17) is 0 Å². The number of benzene rings is 1. The Hall–Kier alpha value is -2.08. The number of carbonyl (C=O) groups is 1. The normalized spacial score (nSPS) is 12.2. The molecular formula is C21H29N3O2S. The number of H-pyrrole nitrogens is 1. The first-order valence-electron chi connectivity index (χ1n) is 9.37. The summed E-state index contributed by atoms with van der Waals surface area (Å²) in [7, 11) is 0. The lowest BCUT2D eigenvalue weighted by molar-refractivity contribution is -0.122. The van der Waals surface area contributed by atoms with Crippen LogP contribution in [0, 0.1) is 12.8 Å². The Labute approximate surface area is 165 Å². The molecule has 1 unspecified atom stereocenters. The number of amides is 1. The Kier molecular flexibility index (Phi) is 7.66. The first-order chi connectivity index (χ1) is 12.8. The molecule has 1 atom stereocenters. The third kappa shape index (κ3) is 5.70. The van der Waals surface area contributed by atoms with E-state index in [-0.39, 0.29) is 29.8 Å². The first-order valence-corrected chi connectivity index (χ1v) is 10.6. The molecule has 0 aliphatic carbocycles. The van der Waals surface area contributed by atoms with Gasteiger partial charge < -0.3 is 10.3 Å². The molecule has 2 rings (SSSR count). The fourth-order valence-corrected chi connectivity index (χ4v) is 3.48. The first kappa shape index (κ1) is 21.2. The van der Waals surface area contributed by atoms with Crippen LogP contribution in [-0.2, 0) is 17.6 Å². The van der Waals surface area contributed by atoms with E-state index in [1.54, 1.807) is 0 Å². The van der Waals surface area contributed by atoms with Crippen molar-refractivity contribution in [2.24, 2.45) is 5.92 Å². The van der Waals surface area contributed by atoms with E-state index >= 15 is 0 Å². The van der Waals surface area contributed by atoms with E-state index < -0.39 is 0 Å². The van der Waals surface area contributed by atoms with Crippen molar-refractivity contribution in [1.29, 1.82) is 0 Å². The maximum atomic E-state index is 12.5. The van der Waals surface area contributed by atoms with Crippen molar-refractivity contribution in [2.45, 2.75) is 58.2 Å². The predicted octanol–water partition coefficient (Wildman–Crippen LogP) is 3.81. The van der Waals surface area contributed by atoms with Crippen LogP contribution in [-0.4, -0.2) is 22.1 Å². The quantitative estimate of drug-likeness (QED) is 0.533. The molecule has 0 fully saturated rings. The van der Waals surface area contributed by atoms with Gasteiger partial charge in [0.05, 0.1) is 6.04 Å². The van der Waals surface area contributed by atoms with Crippen LogP contribution in [0.2, 0.25) is 0 Å². The number of aryl methyl sites for hydroxylation is 2. The molecule has 1 aromatic heterocycles. The molecule has 5 nitrogen and oxygen atoms in total. The molecule has 1 amide bonds. The highest BCUT2D eigenvalue weighted by Gasteiger charge is 2.19. The van der Waals surface area contributed by atoms with Gasteiger partial charge in [0.1, 0.15) is 0 Å². The molecule has 0 bridgehead atoms. The van der Waals surface area contributed by atoms with Crippen molar-refractivity contribution in [2.75, 3.05) is 6.26 Å². The average Bonchev–Trinajstić information content (AvgIpc) is 2.65. The average molecular weight is 388 g/mol. The summed E-state index contributed by atoms with van der Waals surface area (Å²) in [5, 5.41) is 3.72. The second-order valence-corrected chi connectivity index (χ2v) is 7.82. The summed E-state index contributed by atoms with van der Waals surface area (Å²) in [4.78, 5) is 31.8. The van der Waals surface area contributed by atoms with Gasteiger partial charge in [-0.15, -0.1) is 0 Å². The van der Waals surface area contributed by atoms with Gasteiger partial charge in [0.2, 0.25) is 5.91 Å². The topological polar surface area (TPSA) is 74.8 Å². The van der Waals surface area contributed by atoms with Crippen LogP contribution >= 0.6 is 11.8 Å². The fourth-order valence-electron chi connectivity index (χ4n) is 3.06. The lowest BCUT2D eigenvalue weighted by Gasteiger charge is -2.23. The maximum absolute atomic E-state index is 12.5. The number of nitrogens with one attached hydrogen (secondary N) is 2. The van der Waals surface area contributed by atoms with E-state index in [0.29, 0.717) is 22.8 Å². The summed E-state index contributed by atoms with van der Waals surface area (Å²) < 4.78 is 0. The fraction of sp³-hybridized carbons (Fsp3) is 0.476. The largest absolute Gasteiger partial charge is 0.349 e. The van der Waals surface area contributed by atoms with Gasteiger partial charge in [-0.3, -0.25) is 9.59 Å². The number of carbonyl (C=O) groups excluding carboxylic acids is 1. The van der Waals surface area contributed by atoms with Crippen LogP contribution in [0.1, 0.15) is 55.6 Å².